The summed E-state index contributed by atoms with van der Waals surface area (Å²) in [7, 11) is -3.30. The van der Waals surface area contributed by atoms with Crippen molar-refractivity contribution in [2.24, 2.45) is 0 Å². The van der Waals surface area contributed by atoms with Crippen molar-refractivity contribution in [3.63, 3.8) is 0 Å². The summed E-state index contributed by atoms with van der Waals surface area (Å²) in [6, 6.07) is 6.34. The summed E-state index contributed by atoms with van der Waals surface area (Å²) in [5.41, 5.74) is 0. The molecule has 0 unspecified atom stereocenters. The third-order valence-corrected chi connectivity index (χ3v) is 4.14. The van der Waals surface area contributed by atoms with Gasteiger partial charge in [-0.25, -0.2) is 8.42 Å². The lowest BCUT2D eigenvalue weighted by Crippen LogP contribution is -2.08. The number of hydrogen-bond acceptors (Lipinski definition) is 2. The molecule has 1 rings (SSSR count). The lowest BCUT2D eigenvalue weighted by molar-refractivity contribution is 0.597. The van der Waals surface area contributed by atoms with Gasteiger partial charge in [0, 0.05) is 5.88 Å². The van der Waals surface area contributed by atoms with Gasteiger partial charge in [-0.3, -0.25) is 0 Å². The molecule has 72 valence electrons. The third-order valence-electron chi connectivity index (χ3n) is 1.52. The van der Waals surface area contributed by atoms with Gasteiger partial charge in [-0.15, -0.1) is 11.6 Å². The highest BCUT2D eigenvalue weighted by atomic mass is 35.5. The predicted molar refractivity (Wildman–Crippen MR) is 54.2 cm³/mol. The molecule has 0 amide bonds. The highest BCUT2D eigenvalue weighted by Gasteiger charge is 2.16. The van der Waals surface area contributed by atoms with E-state index >= 15 is 0 Å². The summed E-state index contributed by atoms with van der Waals surface area (Å²) in [6.45, 7) is 0. The molecule has 0 saturated heterocycles. The van der Waals surface area contributed by atoms with Gasteiger partial charge < -0.3 is 0 Å². The molecule has 0 bridgehead atoms. The zero-order chi connectivity index (χ0) is 9.90. The molecule has 0 N–H and O–H groups in total. The van der Waals surface area contributed by atoms with Crippen molar-refractivity contribution in [3.8, 4) is 0 Å². The molecule has 0 radical (unpaired) electrons. The third kappa shape index (κ3) is 2.59. The van der Waals surface area contributed by atoms with Crippen molar-refractivity contribution in [3.05, 3.63) is 29.3 Å². The molecule has 1 aromatic rings. The van der Waals surface area contributed by atoms with Gasteiger partial charge in [0.05, 0.1) is 15.7 Å². The second kappa shape index (κ2) is 4.31. The van der Waals surface area contributed by atoms with Crippen LogP contribution in [0.5, 0.6) is 0 Å². The Kier molecular flexibility index (Phi) is 3.59. The van der Waals surface area contributed by atoms with Gasteiger partial charge in [-0.1, -0.05) is 23.7 Å². The molecule has 1 aromatic carbocycles. The van der Waals surface area contributed by atoms with Crippen molar-refractivity contribution in [2.75, 3.05) is 11.6 Å². The molecule has 0 aliphatic rings. The van der Waals surface area contributed by atoms with Crippen LogP contribution in [0, 0.1) is 0 Å². The van der Waals surface area contributed by atoms with Crippen LogP contribution in [-0.4, -0.2) is 20.1 Å². The molecule has 0 saturated carbocycles. The average Bonchev–Trinajstić information content (AvgIpc) is 2.04. The van der Waals surface area contributed by atoms with E-state index in [9.17, 15) is 8.42 Å². The zero-order valence-corrected chi connectivity index (χ0v) is 9.03. The van der Waals surface area contributed by atoms with E-state index in [-0.39, 0.29) is 21.6 Å². The molecule has 0 aliphatic carbocycles. The van der Waals surface area contributed by atoms with E-state index in [0.717, 1.165) is 0 Å². The standard InChI is InChI=1S/C8H8Cl2O2S/c9-5-6-13(11,12)8-4-2-1-3-7(8)10/h1-4H,5-6H2. The second-order valence-electron chi connectivity index (χ2n) is 2.44. The maximum absolute atomic E-state index is 11.5. The van der Waals surface area contributed by atoms with Crippen LogP contribution in [0.25, 0.3) is 0 Å². The molecule has 0 aromatic heterocycles. The smallest absolute Gasteiger partial charge is 0.181 e. The number of halogens is 2. The van der Waals surface area contributed by atoms with E-state index in [4.69, 9.17) is 23.2 Å². The van der Waals surface area contributed by atoms with E-state index in [2.05, 4.69) is 0 Å². The minimum atomic E-state index is -3.30. The number of rotatable bonds is 3. The van der Waals surface area contributed by atoms with Crippen LogP contribution in [0.2, 0.25) is 5.02 Å². The van der Waals surface area contributed by atoms with E-state index in [1.807, 2.05) is 0 Å². The predicted octanol–water partition coefficient (Wildman–Crippen LogP) is 2.35. The Morgan fingerprint density at radius 2 is 1.85 bits per heavy atom. The van der Waals surface area contributed by atoms with Gasteiger partial charge >= 0.3 is 0 Å². The van der Waals surface area contributed by atoms with Crippen LogP contribution in [0.4, 0.5) is 0 Å². The Hall–Kier alpha value is -0.250. The highest BCUT2D eigenvalue weighted by Crippen LogP contribution is 2.21. The summed E-state index contributed by atoms with van der Waals surface area (Å²) in [6.07, 6.45) is 0. The van der Waals surface area contributed by atoms with E-state index in [1.165, 1.54) is 6.07 Å². The van der Waals surface area contributed by atoms with E-state index in [0.29, 0.717) is 0 Å². The van der Waals surface area contributed by atoms with Crippen LogP contribution < -0.4 is 0 Å². The SMILES string of the molecule is O=S(=O)(CCCl)c1ccccc1Cl. The van der Waals surface area contributed by atoms with Gasteiger partial charge in [0.15, 0.2) is 9.84 Å². The Morgan fingerprint density at radius 1 is 1.23 bits per heavy atom. The molecule has 0 fully saturated rings. The minimum Gasteiger partial charge on any atom is -0.224 e. The summed E-state index contributed by atoms with van der Waals surface area (Å²) in [5.74, 6) is -0.00809. The maximum Gasteiger partial charge on any atom is 0.181 e. The van der Waals surface area contributed by atoms with Crippen molar-refractivity contribution in [2.45, 2.75) is 4.90 Å². The van der Waals surface area contributed by atoms with Crippen LogP contribution >= 0.6 is 23.2 Å². The zero-order valence-electron chi connectivity index (χ0n) is 6.70. The fourth-order valence-corrected chi connectivity index (χ4v) is 3.08. The summed E-state index contributed by atoms with van der Waals surface area (Å²) < 4.78 is 23.0. The molecule has 0 aliphatic heterocycles. The first kappa shape index (κ1) is 10.8. The van der Waals surface area contributed by atoms with Gasteiger partial charge in [0.25, 0.3) is 0 Å². The summed E-state index contributed by atoms with van der Waals surface area (Å²) >= 11 is 11.1. The maximum atomic E-state index is 11.5. The van der Waals surface area contributed by atoms with Crippen molar-refractivity contribution in [1.82, 2.24) is 0 Å². The number of hydrogen-bond donors (Lipinski definition) is 0. The Balaban J connectivity index is 3.15. The molecular weight excluding hydrogens is 231 g/mol. The van der Waals surface area contributed by atoms with Crippen LogP contribution in [0.1, 0.15) is 0 Å². The molecule has 13 heavy (non-hydrogen) atoms. The largest absolute Gasteiger partial charge is 0.224 e. The highest BCUT2D eigenvalue weighted by molar-refractivity contribution is 7.91. The van der Waals surface area contributed by atoms with Crippen molar-refractivity contribution in [1.29, 1.82) is 0 Å². The van der Waals surface area contributed by atoms with Crippen molar-refractivity contribution < 1.29 is 8.42 Å². The van der Waals surface area contributed by atoms with Crippen LogP contribution in [-0.2, 0) is 9.84 Å². The quantitative estimate of drug-likeness (QED) is 0.758. The lowest BCUT2D eigenvalue weighted by Gasteiger charge is -2.03. The molecule has 5 heteroatoms. The molecular formula is C8H8Cl2O2S. The monoisotopic (exact) mass is 238 g/mol. The van der Waals surface area contributed by atoms with Crippen LogP contribution in [0.3, 0.4) is 0 Å². The van der Waals surface area contributed by atoms with Crippen molar-refractivity contribution >= 4 is 33.0 Å². The van der Waals surface area contributed by atoms with E-state index in [1.54, 1.807) is 18.2 Å². The summed E-state index contributed by atoms with van der Waals surface area (Å²) in [4.78, 5) is 0.150. The Morgan fingerprint density at radius 3 is 2.38 bits per heavy atom. The van der Waals surface area contributed by atoms with E-state index < -0.39 is 9.84 Å². The van der Waals surface area contributed by atoms with Gasteiger partial charge in [-0.2, -0.15) is 0 Å². The fraction of sp³-hybridized carbons (Fsp3) is 0.250. The molecule has 0 atom stereocenters. The number of benzene rings is 1. The first-order chi connectivity index (χ1) is 6.08. The topological polar surface area (TPSA) is 34.1 Å². The molecule has 0 spiro atoms. The van der Waals surface area contributed by atoms with Gasteiger partial charge in [0.2, 0.25) is 0 Å². The van der Waals surface area contributed by atoms with Gasteiger partial charge in [0.1, 0.15) is 0 Å². The lowest BCUT2D eigenvalue weighted by atomic mass is 10.4. The Labute approximate surface area is 87.4 Å². The molecule has 2 nitrogen and oxygen atoms in total. The van der Waals surface area contributed by atoms with Gasteiger partial charge in [-0.05, 0) is 12.1 Å². The summed E-state index contributed by atoms with van der Waals surface area (Å²) in [5, 5.41) is 0.243. The number of alkyl halides is 1. The first-order valence-electron chi connectivity index (χ1n) is 3.61. The molecule has 0 heterocycles. The number of sulfone groups is 1. The average molecular weight is 239 g/mol. The fourth-order valence-electron chi connectivity index (χ4n) is 0.908. The Bertz CT molecular complexity index is 387. The minimum absolute atomic E-state index is 0.0769. The normalized spacial score (nSPS) is 11.5. The van der Waals surface area contributed by atoms with Crippen LogP contribution in [0.15, 0.2) is 29.2 Å². The second-order valence-corrected chi connectivity index (χ2v) is 5.30. The first-order valence-corrected chi connectivity index (χ1v) is 6.17.